The van der Waals surface area contributed by atoms with E-state index in [1.165, 1.54) is 0 Å². The first kappa shape index (κ1) is 22.5. The number of aromatic nitrogens is 2. The van der Waals surface area contributed by atoms with Gasteiger partial charge < -0.3 is 9.64 Å². The monoisotopic (exact) mass is 465 g/mol. The SMILES string of the molecule is O=C(NNC(=O)C1CCCN(c2cnccn2)C1)c1ccc(COc2ccc(Cl)cc2)cc1. The highest BCUT2D eigenvalue weighted by atomic mass is 35.5. The average molecular weight is 466 g/mol. The van der Waals surface area contributed by atoms with E-state index in [0.717, 1.165) is 30.8 Å². The average Bonchev–Trinajstić information content (AvgIpc) is 2.87. The lowest BCUT2D eigenvalue weighted by atomic mass is 9.97. The summed E-state index contributed by atoms with van der Waals surface area (Å²) in [5.41, 5.74) is 6.41. The van der Waals surface area contributed by atoms with Crippen molar-refractivity contribution in [2.75, 3.05) is 18.0 Å². The van der Waals surface area contributed by atoms with Gasteiger partial charge in [-0.15, -0.1) is 0 Å². The molecule has 2 aromatic carbocycles. The molecule has 1 aromatic heterocycles. The second-order valence-electron chi connectivity index (χ2n) is 7.73. The Balaban J connectivity index is 1.25. The highest BCUT2D eigenvalue weighted by Crippen LogP contribution is 2.21. The summed E-state index contributed by atoms with van der Waals surface area (Å²) in [6.45, 7) is 1.72. The number of carbonyl (C=O) groups excluding carboxylic acids is 2. The molecule has 170 valence electrons. The maximum atomic E-state index is 12.6. The van der Waals surface area contributed by atoms with Crippen LogP contribution in [-0.2, 0) is 11.4 Å². The normalized spacial score (nSPS) is 15.5. The molecule has 0 radical (unpaired) electrons. The maximum absolute atomic E-state index is 12.6. The zero-order chi connectivity index (χ0) is 23.0. The van der Waals surface area contributed by atoms with Crippen molar-refractivity contribution in [1.82, 2.24) is 20.8 Å². The summed E-state index contributed by atoms with van der Waals surface area (Å²) >= 11 is 5.87. The first-order valence-electron chi connectivity index (χ1n) is 10.7. The number of anilines is 1. The smallest absolute Gasteiger partial charge is 0.269 e. The lowest BCUT2D eigenvalue weighted by Gasteiger charge is -2.32. The molecule has 2 amide bonds. The first-order valence-corrected chi connectivity index (χ1v) is 11.0. The molecule has 0 aliphatic carbocycles. The number of amides is 2. The zero-order valence-corrected chi connectivity index (χ0v) is 18.7. The predicted molar refractivity (Wildman–Crippen MR) is 125 cm³/mol. The molecule has 2 N–H and O–H groups in total. The number of carbonyl (C=O) groups is 2. The van der Waals surface area contributed by atoms with Crippen molar-refractivity contribution in [2.24, 2.45) is 5.92 Å². The van der Waals surface area contributed by atoms with Crippen LogP contribution in [0.5, 0.6) is 5.75 Å². The number of nitrogens with one attached hydrogen (secondary N) is 2. The van der Waals surface area contributed by atoms with E-state index in [9.17, 15) is 9.59 Å². The van der Waals surface area contributed by atoms with Gasteiger partial charge in [-0.1, -0.05) is 23.7 Å². The van der Waals surface area contributed by atoms with Crippen molar-refractivity contribution < 1.29 is 14.3 Å². The molecule has 1 fully saturated rings. The Morgan fingerprint density at radius 3 is 2.58 bits per heavy atom. The van der Waals surface area contributed by atoms with Gasteiger partial charge in [-0.25, -0.2) is 4.98 Å². The van der Waals surface area contributed by atoms with Crippen molar-refractivity contribution in [2.45, 2.75) is 19.4 Å². The molecule has 1 aliphatic rings. The summed E-state index contributed by atoms with van der Waals surface area (Å²) < 4.78 is 5.71. The van der Waals surface area contributed by atoms with E-state index in [-0.39, 0.29) is 17.7 Å². The van der Waals surface area contributed by atoms with Gasteiger partial charge in [0.05, 0.1) is 12.1 Å². The van der Waals surface area contributed by atoms with Crippen LogP contribution >= 0.6 is 11.6 Å². The first-order chi connectivity index (χ1) is 16.1. The van der Waals surface area contributed by atoms with Gasteiger partial charge in [0.15, 0.2) is 0 Å². The minimum atomic E-state index is -0.380. The molecular formula is C24H24ClN5O3. The zero-order valence-electron chi connectivity index (χ0n) is 17.9. The molecule has 3 aromatic rings. The third kappa shape index (κ3) is 6.20. The number of hydrogen-bond donors (Lipinski definition) is 2. The number of piperidine rings is 1. The number of halogens is 1. The van der Waals surface area contributed by atoms with Crippen molar-refractivity contribution in [1.29, 1.82) is 0 Å². The van der Waals surface area contributed by atoms with E-state index >= 15 is 0 Å². The topological polar surface area (TPSA) is 96.5 Å². The molecule has 0 spiro atoms. The fourth-order valence-corrected chi connectivity index (χ4v) is 3.72. The molecular weight excluding hydrogens is 442 g/mol. The number of rotatable bonds is 6. The molecule has 1 unspecified atom stereocenters. The second-order valence-corrected chi connectivity index (χ2v) is 8.17. The Labute approximate surface area is 196 Å². The quantitative estimate of drug-likeness (QED) is 0.542. The summed E-state index contributed by atoms with van der Waals surface area (Å²) in [6.07, 6.45) is 6.55. The van der Waals surface area contributed by atoms with Gasteiger partial charge in [-0.2, -0.15) is 0 Å². The molecule has 0 bridgehead atoms. The maximum Gasteiger partial charge on any atom is 0.269 e. The van der Waals surface area contributed by atoms with Crippen molar-refractivity contribution in [3.63, 3.8) is 0 Å². The van der Waals surface area contributed by atoms with Crippen LogP contribution in [0.2, 0.25) is 5.02 Å². The number of ether oxygens (including phenoxy) is 1. The third-order valence-corrected chi connectivity index (χ3v) is 5.65. The lowest BCUT2D eigenvalue weighted by molar-refractivity contribution is -0.126. The van der Waals surface area contributed by atoms with Gasteiger partial charge in [0, 0.05) is 36.1 Å². The third-order valence-electron chi connectivity index (χ3n) is 5.40. The van der Waals surface area contributed by atoms with Crippen LogP contribution in [0.1, 0.15) is 28.8 Å². The molecule has 1 aliphatic heterocycles. The number of nitrogens with zero attached hydrogens (tertiary/aromatic N) is 3. The van der Waals surface area contributed by atoms with Crippen LogP contribution in [0.15, 0.2) is 67.1 Å². The second kappa shape index (κ2) is 10.8. The van der Waals surface area contributed by atoms with Crippen LogP contribution in [0, 0.1) is 5.92 Å². The van der Waals surface area contributed by atoms with Gasteiger partial charge in [0.1, 0.15) is 18.2 Å². The minimum absolute atomic E-state index is 0.218. The number of hydrazine groups is 1. The highest BCUT2D eigenvalue weighted by Gasteiger charge is 2.27. The number of hydrogen-bond acceptors (Lipinski definition) is 6. The molecule has 0 saturated carbocycles. The minimum Gasteiger partial charge on any atom is -0.489 e. The van der Waals surface area contributed by atoms with E-state index < -0.39 is 0 Å². The van der Waals surface area contributed by atoms with E-state index in [2.05, 4.69) is 20.8 Å². The highest BCUT2D eigenvalue weighted by molar-refractivity contribution is 6.30. The molecule has 1 saturated heterocycles. The van der Waals surface area contributed by atoms with Crippen LogP contribution in [0.3, 0.4) is 0 Å². The van der Waals surface area contributed by atoms with Crippen LogP contribution in [0.25, 0.3) is 0 Å². The fraction of sp³-hybridized carbons (Fsp3) is 0.250. The predicted octanol–water partition coefficient (Wildman–Crippen LogP) is 3.39. The van der Waals surface area contributed by atoms with Gasteiger partial charge in [-0.3, -0.25) is 25.4 Å². The van der Waals surface area contributed by atoms with E-state index in [1.807, 2.05) is 17.0 Å². The summed E-state index contributed by atoms with van der Waals surface area (Å²) in [5, 5.41) is 0.649. The van der Waals surface area contributed by atoms with Crippen LogP contribution < -0.4 is 20.5 Å². The van der Waals surface area contributed by atoms with Crippen molar-refractivity contribution >= 4 is 29.2 Å². The summed E-state index contributed by atoms with van der Waals surface area (Å²) in [4.78, 5) is 35.5. The van der Waals surface area contributed by atoms with Crippen LogP contribution in [0.4, 0.5) is 5.82 Å². The van der Waals surface area contributed by atoms with Gasteiger partial charge in [-0.05, 0) is 54.8 Å². The summed E-state index contributed by atoms with van der Waals surface area (Å²) in [5.74, 6) is 0.622. The lowest BCUT2D eigenvalue weighted by Crippen LogP contribution is -2.49. The molecule has 2 heterocycles. The fourth-order valence-electron chi connectivity index (χ4n) is 3.60. The molecule has 4 rings (SSSR count). The van der Waals surface area contributed by atoms with E-state index in [1.54, 1.807) is 55.0 Å². The molecule has 1 atom stereocenters. The Kier molecular flexibility index (Phi) is 7.36. The van der Waals surface area contributed by atoms with Crippen LogP contribution in [-0.4, -0.2) is 34.9 Å². The van der Waals surface area contributed by atoms with Gasteiger partial charge >= 0.3 is 0 Å². The summed E-state index contributed by atoms with van der Waals surface area (Å²) in [6, 6.07) is 14.1. The van der Waals surface area contributed by atoms with E-state index in [4.69, 9.17) is 16.3 Å². The molecule has 8 nitrogen and oxygen atoms in total. The largest absolute Gasteiger partial charge is 0.489 e. The molecule has 9 heteroatoms. The summed E-state index contributed by atoms with van der Waals surface area (Å²) in [7, 11) is 0. The van der Waals surface area contributed by atoms with E-state index in [0.29, 0.717) is 29.5 Å². The van der Waals surface area contributed by atoms with Gasteiger partial charge in [0.25, 0.3) is 5.91 Å². The number of benzene rings is 2. The Hall–Kier alpha value is -3.65. The standard InChI is InChI=1S/C24H24ClN5O3/c25-20-7-9-21(10-8-20)33-16-17-3-5-18(6-4-17)23(31)28-29-24(32)19-2-1-13-30(15-19)22-14-26-11-12-27-22/h3-12,14,19H,1-2,13,15-16H2,(H,28,31)(H,29,32). The van der Waals surface area contributed by atoms with Gasteiger partial charge in [0.2, 0.25) is 5.91 Å². The Bertz CT molecular complexity index is 1080. The Morgan fingerprint density at radius 2 is 1.85 bits per heavy atom. The van der Waals surface area contributed by atoms with Crippen molar-refractivity contribution in [3.05, 3.63) is 83.3 Å². The van der Waals surface area contributed by atoms with Crippen molar-refractivity contribution in [3.8, 4) is 5.75 Å². The molecule has 33 heavy (non-hydrogen) atoms. The Morgan fingerprint density at radius 1 is 1.06 bits per heavy atom.